The summed E-state index contributed by atoms with van der Waals surface area (Å²) in [5.41, 5.74) is 2.76. The van der Waals surface area contributed by atoms with Crippen LogP contribution in [0.2, 0.25) is 0 Å². The second-order valence-corrected chi connectivity index (χ2v) is 7.24. The lowest BCUT2D eigenvalue weighted by Crippen LogP contribution is -2.47. The monoisotopic (exact) mass is 431 g/mol. The molecular formula is C20H18BrNO5. The predicted molar refractivity (Wildman–Crippen MR) is 101 cm³/mol. The molecule has 140 valence electrons. The number of benzene rings is 2. The average Bonchev–Trinajstić information content (AvgIpc) is 2.68. The van der Waals surface area contributed by atoms with Gasteiger partial charge in [0.05, 0.1) is 11.6 Å². The third-order valence-corrected chi connectivity index (χ3v) is 5.08. The molecule has 0 aliphatic carbocycles. The van der Waals surface area contributed by atoms with Gasteiger partial charge in [0.15, 0.2) is 11.9 Å². The molecule has 6 nitrogen and oxygen atoms in total. The molecule has 1 aliphatic rings. The van der Waals surface area contributed by atoms with E-state index in [4.69, 9.17) is 4.74 Å². The van der Waals surface area contributed by atoms with Crippen LogP contribution in [0.25, 0.3) is 0 Å². The van der Waals surface area contributed by atoms with Crippen LogP contribution in [-0.2, 0) is 11.2 Å². The first-order valence-electron chi connectivity index (χ1n) is 8.27. The summed E-state index contributed by atoms with van der Waals surface area (Å²) in [4.78, 5) is 0. The molecule has 3 rings (SSSR count). The smallest absolute Gasteiger partial charge is 0.162 e. The van der Waals surface area contributed by atoms with E-state index in [9.17, 15) is 25.7 Å². The number of aliphatic hydroxyl groups is 4. The maximum Gasteiger partial charge on any atom is 0.162 e. The van der Waals surface area contributed by atoms with Crippen LogP contribution in [0.1, 0.15) is 28.4 Å². The van der Waals surface area contributed by atoms with Crippen LogP contribution in [0.3, 0.4) is 0 Å². The Labute approximate surface area is 164 Å². The van der Waals surface area contributed by atoms with E-state index in [1.54, 1.807) is 18.2 Å². The van der Waals surface area contributed by atoms with E-state index in [0.717, 1.165) is 15.6 Å². The van der Waals surface area contributed by atoms with E-state index >= 15 is 0 Å². The molecular weight excluding hydrogens is 414 g/mol. The zero-order valence-electron chi connectivity index (χ0n) is 14.2. The topological polar surface area (TPSA) is 114 Å². The van der Waals surface area contributed by atoms with Gasteiger partial charge >= 0.3 is 0 Å². The van der Waals surface area contributed by atoms with Crippen LogP contribution in [0, 0.1) is 11.3 Å². The van der Waals surface area contributed by atoms with E-state index < -0.39 is 24.4 Å². The van der Waals surface area contributed by atoms with Crippen molar-refractivity contribution in [1.29, 1.82) is 5.26 Å². The van der Waals surface area contributed by atoms with Crippen molar-refractivity contribution in [3.63, 3.8) is 0 Å². The van der Waals surface area contributed by atoms with Gasteiger partial charge in [-0.25, -0.2) is 0 Å². The Balaban J connectivity index is 1.95. The summed E-state index contributed by atoms with van der Waals surface area (Å²) in [6, 6.07) is 14.8. The Morgan fingerprint density at radius 1 is 1.07 bits per heavy atom. The lowest BCUT2D eigenvalue weighted by molar-refractivity contribution is -0.159. The molecule has 2 aromatic carbocycles. The van der Waals surface area contributed by atoms with Crippen molar-refractivity contribution in [2.75, 3.05) is 0 Å². The summed E-state index contributed by atoms with van der Waals surface area (Å²) in [6.07, 6.45) is -4.33. The number of ether oxygens (including phenoxy) is 1. The summed E-state index contributed by atoms with van der Waals surface area (Å²) in [5.74, 6) is -0.225. The maximum atomic E-state index is 10.3. The molecule has 0 unspecified atom stereocenters. The van der Waals surface area contributed by atoms with Gasteiger partial charge in [-0.05, 0) is 41.3 Å². The minimum absolute atomic E-state index is 0.225. The first kappa shape index (κ1) is 19.4. The van der Waals surface area contributed by atoms with Gasteiger partial charge < -0.3 is 25.2 Å². The zero-order chi connectivity index (χ0) is 19.6. The molecule has 2 aromatic rings. The van der Waals surface area contributed by atoms with E-state index in [1.807, 2.05) is 24.3 Å². The Kier molecular flexibility index (Phi) is 5.82. The number of rotatable bonds is 3. The fourth-order valence-corrected chi connectivity index (χ4v) is 3.32. The van der Waals surface area contributed by atoms with Crippen molar-refractivity contribution in [2.24, 2.45) is 0 Å². The molecule has 0 amide bonds. The Bertz CT molecular complexity index is 890. The highest BCUT2D eigenvalue weighted by molar-refractivity contribution is 9.10. The van der Waals surface area contributed by atoms with Crippen LogP contribution >= 0.6 is 15.9 Å². The van der Waals surface area contributed by atoms with Crippen LogP contribution < -0.4 is 0 Å². The van der Waals surface area contributed by atoms with Crippen LogP contribution in [0.4, 0.5) is 0 Å². The molecule has 1 heterocycles. The molecule has 4 N–H and O–H groups in total. The number of nitriles is 1. The molecule has 0 radical (unpaired) electrons. The second-order valence-electron chi connectivity index (χ2n) is 6.33. The Morgan fingerprint density at radius 3 is 2.41 bits per heavy atom. The molecule has 7 heteroatoms. The second kappa shape index (κ2) is 8.11. The highest BCUT2D eigenvalue weighted by atomic mass is 79.9. The molecule has 0 saturated carbocycles. The summed E-state index contributed by atoms with van der Waals surface area (Å²) in [5, 5.41) is 48.7. The minimum Gasteiger partial charge on any atom is -0.512 e. The average molecular weight is 432 g/mol. The van der Waals surface area contributed by atoms with Crippen LogP contribution in [-0.4, -0.2) is 38.7 Å². The number of aliphatic hydroxyl groups excluding tert-OH is 4. The largest absolute Gasteiger partial charge is 0.512 e. The van der Waals surface area contributed by atoms with Crippen molar-refractivity contribution in [2.45, 2.75) is 30.8 Å². The quantitative estimate of drug-likeness (QED) is 0.555. The van der Waals surface area contributed by atoms with E-state index in [2.05, 4.69) is 22.0 Å². The van der Waals surface area contributed by atoms with Crippen LogP contribution in [0.15, 0.2) is 59.0 Å². The summed E-state index contributed by atoms with van der Waals surface area (Å²) < 4.78 is 6.43. The van der Waals surface area contributed by atoms with E-state index in [-0.39, 0.29) is 5.76 Å². The van der Waals surface area contributed by atoms with Crippen molar-refractivity contribution >= 4 is 15.9 Å². The normalized spacial score (nSPS) is 26.4. The molecule has 1 saturated heterocycles. The Hall–Kier alpha value is -2.37. The van der Waals surface area contributed by atoms with E-state index in [1.165, 1.54) is 0 Å². The number of nitrogens with zero attached hydrogens (tertiary/aromatic N) is 1. The van der Waals surface area contributed by atoms with Gasteiger partial charge in [-0.15, -0.1) is 0 Å². The van der Waals surface area contributed by atoms with Crippen molar-refractivity contribution in [3.8, 4) is 6.07 Å². The van der Waals surface area contributed by atoms with Gasteiger partial charge in [0.1, 0.15) is 24.6 Å². The highest BCUT2D eigenvalue weighted by Gasteiger charge is 2.42. The minimum atomic E-state index is -1.51. The van der Waals surface area contributed by atoms with Crippen LogP contribution in [0.5, 0.6) is 0 Å². The third kappa shape index (κ3) is 3.99. The standard InChI is InChI=1S/C20H18BrNO5/c21-15-5-1-11(2-6-15)7-14-8-12(3-4-13(14)9-22)20-19(26)18(25)17(24)16(10-23)27-20/h1-6,8,10,17-20,23-26H,7H2/b16-10+/t17-,18+,19-,20+/m1/s1. The van der Waals surface area contributed by atoms with Gasteiger partial charge in [0.2, 0.25) is 0 Å². The fourth-order valence-electron chi connectivity index (χ4n) is 3.06. The summed E-state index contributed by atoms with van der Waals surface area (Å²) >= 11 is 3.39. The first-order valence-corrected chi connectivity index (χ1v) is 9.06. The molecule has 4 atom stereocenters. The van der Waals surface area contributed by atoms with Gasteiger partial charge in [-0.3, -0.25) is 0 Å². The lowest BCUT2D eigenvalue weighted by Gasteiger charge is -2.37. The lowest BCUT2D eigenvalue weighted by atomic mass is 9.90. The first-order chi connectivity index (χ1) is 12.9. The molecule has 0 aromatic heterocycles. The molecule has 27 heavy (non-hydrogen) atoms. The molecule has 0 bridgehead atoms. The van der Waals surface area contributed by atoms with Gasteiger partial charge in [0, 0.05) is 4.47 Å². The number of halogens is 1. The number of hydrogen-bond donors (Lipinski definition) is 4. The predicted octanol–water partition coefficient (Wildman–Crippen LogP) is 2.46. The SMILES string of the molecule is N#Cc1ccc([C@@H]2O/C(=C/O)[C@@H](O)[C@H](O)[C@H]2O)cc1Cc1ccc(Br)cc1. The van der Waals surface area contributed by atoms with Gasteiger partial charge in [-0.2, -0.15) is 5.26 Å². The van der Waals surface area contributed by atoms with Gasteiger partial charge in [-0.1, -0.05) is 40.2 Å². The highest BCUT2D eigenvalue weighted by Crippen LogP contribution is 2.35. The fraction of sp³-hybridized carbons (Fsp3) is 0.250. The number of hydrogen-bond acceptors (Lipinski definition) is 6. The molecule has 1 fully saturated rings. The van der Waals surface area contributed by atoms with Gasteiger partial charge in [0.25, 0.3) is 0 Å². The van der Waals surface area contributed by atoms with Crippen molar-refractivity contribution < 1.29 is 25.2 Å². The third-order valence-electron chi connectivity index (χ3n) is 4.55. The van der Waals surface area contributed by atoms with Crippen molar-refractivity contribution in [3.05, 3.63) is 81.2 Å². The maximum absolute atomic E-state index is 10.3. The summed E-state index contributed by atoms with van der Waals surface area (Å²) in [6.45, 7) is 0. The summed E-state index contributed by atoms with van der Waals surface area (Å²) in [7, 11) is 0. The molecule has 0 spiro atoms. The van der Waals surface area contributed by atoms with E-state index in [0.29, 0.717) is 23.8 Å². The molecule has 1 aliphatic heterocycles. The Morgan fingerprint density at radius 2 is 1.78 bits per heavy atom. The zero-order valence-corrected chi connectivity index (χ0v) is 15.7. The van der Waals surface area contributed by atoms with Crippen molar-refractivity contribution in [1.82, 2.24) is 0 Å².